The van der Waals surface area contributed by atoms with Gasteiger partial charge in [0.05, 0.1) is 0 Å². The van der Waals surface area contributed by atoms with Crippen LogP contribution in [0, 0.1) is 0 Å². The second-order valence-corrected chi connectivity index (χ2v) is 10.5. The van der Waals surface area contributed by atoms with E-state index in [-0.39, 0.29) is 0 Å². The van der Waals surface area contributed by atoms with E-state index in [0.717, 1.165) is 60.7 Å². The summed E-state index contributed by atoms with van der Waals surface area (Å²) >= 11 is 0. The largest absolute Gasteiger partial charge is 0.531 e. The van der Waals surface area contributed by atoms with Gasteiger partial charge >= 0.3 is 44.6 Å². The zero-order valence-corrected chi connectivity index (χ0v) is 23.4. The first kappa shape index (κ1) is 38.0. The van der Waals surface area contributed by atoms with Crippen LogP contribution in [0.4, 0.5) is 61.5 Å². The lowest BCUT2D eigenvalue weighted by Gasteiger charge is -2.36. The fraction of sp³-hybridized carbons (Fsp3) is 0.308. The second-order valence-electron chi connectivity index (χ2n) is 9.02. The van der Waals surface area contributed by atoms with Crippen LogP contribution in [-0.2, 0) is 23.1 Å². The molecular weight excluding hydrogens is 705 g/mol. The summed E-state index contributed by atoms with van der Waals surface area (Å²) in [6.07, 6.45) is -34.0. The van der Waals surface area contributed by atoms with Crippen molar-refractivity contribution >= 4 is 7.82 Å². The van der Waals surface area contributed by atoms with Crippen molar-refractivity contribution in [3.8, 4) is 5.75 Å². The van der Waals surface area contributed by atoms with Gasteiger partial charge in [0.1, 0.15) is 5.75 Å². The van der Waals surface area contributed by atoms with E-state index in [1.807, 2.05) is 0 Å². The molecule has 0 aliphatic rings. The van der Waals surface area contributed by atoms with Crippen molar-refractivity contribution in [2.75, 3.05) is 0 Å². The molecule has 0 amide bonds. The molecule has 0 saturated heterocycles. The minimum absolute atomic E-state index is 0.490. The molecule has 0 aliphatic carbocycles. The van der Waals surface area contributed by atoms with Crippen molar-refractivity contribution < 1.29 is 89.1 Å². The predicted molar refractivity (Wildman–Crippen MR) is 129 cm³/mol. The lowest BCUT2D eigenvalue weighted by Crippen LogP contribution is -2.51. The van der Waals surface area contributed by atoms with Crippen LogP contribution in [0.5, 0.6) is 5.75 Å². The molecule has 3 aromatic rings. The van der Waals surface area contributed by atoms with E-state index in [9.17, 15) is 48.5 Å². The van der Waals surface area contributed by atoms with Crippen molar-refractivity contribution in [2.45, 2.75) is 49.0 Å². The quantitative estimate of drug-likeness (QED) is 0.122. The fourth-order valence-corrected chi connectivity index (χ4v) is 5.14. The van der Waals surface area contributed by atoms with E-state index in [2.05, 4.69) is 18.5 Å². The highest BCUT2D eigenvalue weighted by Crippen LogP contribution is 2.63. The summed E-state index contributed by atoms with van der Waals surface area (Å²) in [4.78, 5) is 0. The first-order valence-corrected chi connectivity index (χ1v) is 13.7. The summed E-state index contributed by atoms with van der Waals surface area (Å²) < 4.78 is 227. The number of alkyl halides is 14. The number of ether oxygens (including phenoxy) is 2. The van der Waals surface area contributed by atoms with Gasteiger partial charge in [-0.3, -0.25) is 9.05 Å². The third kappa shape index (κ3) is 9.56. The van der Waals surface area contributed by atoms with Gasteiger partial charge in [-0.15, -0.1) is 26.3 Å². The zero-order valence-electron chi connectivity index (χ0n) is 22.5. The molecule has 0 aliphatic heterocycles. The number of rotatable bonds is 14. The van der Waals surface area contributed by atoms with Crippen LogP contribution in [0.15, 0.2) is 91.0 Å². The summed E-state index contributed by atoms with van der Waals surface area (Å²) in [6, 6.07) is 12.3. The Morgan fingerprint density at radius 1 is 0.468 bits per heavy atom. The molecule has 3 aromatic carbocycles. The minimum Gasteiger partial charge on any atom is -0.404 e. The number of para-hydroxylation sites is 1. The Labute approximate surface area is 254 Å². The number of hydrogen-bond donors (Lipinski definition) is 0. The SMILES string of the molecule is O=P(Oc1ccccc1)(O[C@H](c1ccccc1)C(F)(F)C(F)(F)OC(F)(F)F)O[C@H](c1ccccc1)C(F)(F)C(F)(F)OC(F)(F)F. The third-order valence-electron chi connectivity index (χ3n) is 5.56. The Bertz CT molecular complexity index is 1400. The molecule has 21 heteroatoms. The molecule has 47 heavy (non-hydrogen) atoms. The van der Waals surface area contributed by atoms with Gasteiger partial charge < -0.3 is 4.52 Å². The summed E-state index contributed by atoms with van der Waals surface area (Å²) in [6.45, 7) is 0. The Morgan fingerprint density at radius 2 is 0.766 bits per heavy atom. The molecule has 6 nitrogen and oxygen atoms in total. The highest BCUT2D eigenvalue weighted by molar-refractivity contribution is 7.49. The molecule has 0 aromatic heterocycles. The van der Waals surface area contributed by atoms with Crippen molar-refractivity contribution in [3.05, 3.63) is 102 Å². The molecule has 0 N–H and O–H groups in total. The van der Waals surface area contributed by atoms with Gasteiger partial charge in [0.15, 0.2) is 12.2 Å². The maximum Gasteiger partial charge on any atom is 0.531 e. The van der Waals surface area contributed by atoms with E-state index >= 15 is 17.6 Å². The number of phosphoric ester groups is 1. The summed E-state index contributed by atoms with van der Waals surface area (Å²) in [7, 11) is -6.62. The van der Waals surface area contributed by atoms with Gasteiger partial charge in [0.25, 0.3) is 0 Å². The van der Waals surface area contributed by atoms with Gasteiger partial charge in [0, 0.05) is 0 Å². The van der Waals surface area contributed by atoms with Gasteiger partial charge in [-0.25, -0.2) is 14.0 Å². The first-order chi connectivity index (χ1) is 21.4. The highest BCUT2D eigenvalue weighted by atomic mass is 31.2. The molecular formula is C26H17F14O6P. The van der Waals surface area contributed by atoms with E-state index < -0.39 is 73.7 Å². The Morgan fingerprint density at radius 3 is 1.06 bits per heavy atom. The topological polar surface area (TPSA) is 63.2 Å². The van der Waals surface area contributed by atoms with Crippen LogP contribution in [0.25, 0.3) is 0 Å². The normalized spacial score (nSPS) is 15.3. The molecule has 0 fully saturated rings. The van der Waals surface area contributed by atoms with Crippen LogP contribution in [0.2, 0.25) is 0 Å². The van der Waals surface area contributed by atoms with Crippen LogP contribution in [-0.4, -0.2) is 36.8 Å². The van der Waals surface area contributed by atoms with E-state index in [0.29, 0.717) is 24.3 Å². The average Bonchev–Trinajstić information content (AvgIpc) is 2.93. The van der Waals surface area contributed by atoms with Crippen molar-refractivity contribution in [3.63, 3.8) is 0 Å². The molecule has 0 heterocycles. The first-order valence-electron chi connectivity index (χ1n) is 12.3. The molecule has 0 unspecified atom stereocenters. The Hall–Kier alpha value is -3.45. The standard InChI is InChI=1S/C26H17F14O6P/c27-21(28,23(31,32)45-25(35,36)37)19(16-10-4-1-5-11-16)43-47(41,42-18-14-8-3-9-15-18)44-20(17-12-6-2-7-13-17)22(29,30)24(33,34)46-26(38,39)40/h1-15,19-20H/t19-,20-/m1/s1. The lowest BCUT2D eigenvalue weighted by molar-refractivity contribution is -0.474. The number of halogens is 14. The smallest absolute Gasteiger partial charge is 0.404 e. The summed E-state index contributed by atoms with van der Waals surface area (Å²) in [5.74, 6) is -13.4. The molecule has 0 bridgehead atoms. The van der Waals surface area contributed by atoms with Gasteiger partial charge in [-0.1, -0.05) is 78.9 Å². The van der Waals surface area contributed by atoms with E-state index in [1.165, 1.54) is 6.07 Å². The van der Waals surface area contributed by atoms with Crippen molar-refractivity contribution in [1.82, 2.24) is 0 Å². The molecule has 0 radical (unpaired) electrons. The fourth-order valence-electron chi connectivity index (χ4n) is 3.60. The molecule has 260 valence electrons. The van der Waals surface area contributed by atoms with Crippen molar-refractivity contribution in [1.29, 1.82) is 0 Å². The average molecular weight is 722 g/mol. The third-order valence-corrected chi connectivity index (χ3v) is 6.93. The second kappa shape index (κ2) is 13.6. The van der Waals surface area contributed by atoms with Crippen LogP contribution in [0.1, 0.15) is 23.3 Å². The van der Waals surface area contributed by atoms with E-state index in [4.69, 9.17) is 4.52 Å². The molecule has 2 atom stereocenters. The van der Waals surface area contributed by atoms with Crippen LogP contribution < -0.4 is 4.52 Å². The number of phosphoric acid groups is 1. The van der Waals surface area contributed by atoms with Gasteiger partial charge in [0.2, 0.25) is 0 Å². The minimum atomic E-state index is -6.62. The van der Waals surface area contributed by atoms with Gasteiger partial charge in [-0.2, -0.15) is 35.1 Å². The molecule has 0 saturated carbocycles. The monoisotopic (exact) mass is 722 g/mol. The Balaban J connectivity index is 2.25. The molecule has 3 rings (SSSR count). The highest BCUT2D eigenvalue weighted by Gasteiger charge is 2.71. The zero-order chi connectivity index (χ0) is 35.5. The van der Waals surface area contributed by atoms with Crippen LogP contribution in [0.3, 0.4) is 0 Å². The number of benzene rings is 3. The Kier molecular flexibility index (Phi) is 11.0. The summed E-state index contributed by atoms with van der Waals surface area (Å²) in [5, 5.41) is 0. The maximum absolute atomic E-state index is 15.3. The summed E-state index contributed by atoms with van der Waals surface area (Å²) in [5.41, 5.74) is -2.51. The van der Waals surface area contributed by atoms with Crippen LogP contribution >= 0.6 is 7.82 Å². The number of hydrogen-bond acceptors (Lipinski definition) is 6. The van der Waals surface area contributed by atoms with Crippen molar-refractivity contribution in [2.24, 2.45) is 0 Å². The maximum atomic E-state index is 15.3. The van der Waals surface area contributed by atoms with Gasteiger partial charge in [-0.05, 0) is 23.3 Å². The predicted octanol–water partition coefficient (Wildman–Crippen LogP) is 10.2. The van der Waals surface area contributed by atoms with E-state index in [1.54, 1.807) is 0 Å². The lowest BCUT2D eigenvalue weighted by atomic mass is 10.0. The molecule has 0 spiro atoms.